The Balaban J connectivity index is 1.45. The molecule has 0 aliphatic heterocycles. The number of halogens is 1. The molecule has 10 heteroatoms. The molecule has 1 aromatic carbocycles. The van der Waals surface area contributed by atoms with Gasteiger partial charge in [0.2, 0.25) is 0 Å². The summed E-state index contributed by atoms with van der Waals surface area (Å²) < 4.78 is 2.65. The first-order valence-corrected chi connectivity index (χ1v) is 14.2. The predicted molar refractivity (Wildman–Crippen MR) is 145 cm³/mol. The number of hydrogen-bond acceptors (Lipinski definition) is 7. The molecule has 0 bridgehead atoms. The van der Waals surface area contributed by atoms with Crippen molar-refractivity contribution in [3.05, 3.63) is 71.4 Å². The molecule has 0 radical (unpaired) electrons. The monoisotopic (exact) mass is 572 g/mol. The van der Waals surface area contributed by atoms with Crippen molar-refractivity contribution < 1.29 is 4.79 Å². The quantitative estimate of drug-likeness (QED) is 0.139. The number of carbonyl (C=O) groups excluding carboxylic acids is 1. The molecule has 4 aromatic rings. The van der Waals surface area contributed by atoms with Crippen LogP contribution < -0.4 is 11.0 Å². The average Bonchev–Trinajstić information content (AvgIpc) is 3.41. The van der Waals surface area contributed by atoms with E-state index < -0.39 is 0 Å². The zero-order valence-electron chi connectivity index (χ0n) is 18.3. The molecule has 0 saturated heterocycles. The SMILES string of the molecule is Cc1ccc(-n2c(SCC(=O)NN=Cc3ccc(Br)s3)nc3sc4c(c3c2=O)CCCC4)cc1. The van der Waals surface area contributed by atoms with Gasteiger partial charge in [0, 0.05) is 9.75 Å². The number of benzene rings is 1. The predicted octanol–water partition coefficient (Wildman–Crippen LogP) is 5.70. The van der Waals surface area contributed by atoms with Crippen molar-refractivity contribution in [3.8, 4) is 5.69 Å². The van der Waals surface area contributed by atoms with Gasteiger partial charge < -0.3 is 0 Å². The van der Waals surface area contributed by atoms with E-state index in [9.17, 15) is 9.59 Å². The second kappa shape index (κ2) is 10.2. The molecule has 1 aliphatic rings. The van der Waals surface area contributed by atoms with Crippen molar-refractivity contribution in [3.63, 3.8) is 0 Å². The van der Waals surface area contributed by atoms with Gasteiger partial charge in [-0.25, -0.2) is 10.4 Å². The number of hydrogen-bond donors (Lipinski definition) is 1. The fourth-order valence-corrected chi connectivity index (χ4v) is 7.34. The summed E-state index contributed by atoms with van der Waals surface area (Å²) in [6.07, 6.45) is 5.79. The number of thioether (sulfide) groups is 1. The first-order chi connectivity index (χ1) is 16.5. The van der Waals surface area contributed by atoms with Crippen LogP contribution in [0.3, 0.4) is 0 Å². The smallest absolute Gasteiger partial charge is 0.267 e. The summed E-state index contributed by atoms with van der Waals surface area (Å²) in [5.41, 5.74) is 5.53. The van der Waals surface area contributed by atoms with Gasteiger partial charge in [0.25, 0.3) is 11.5 Å². The van der Waals surface area contributed by atoms with Crippen LogP contribution in [0.1, 0.15) is 33.7 Å². The number of rotatable bonds is 6. The maximum atomic E-state index is 13.7. The van der Waals surface area contributed by atoms with Crippen molar-refractivity contribution in [2.75, 3.05) is 5.75 Å². The summed E-state index contributed by atoms with van der Waals surface area (Å²) in [6.45, 7) is 2.01. The summed E-state index contributed by atoms with van der Waals surface area (Å²) in [5, 5.41) is 5.29. The van der Waals surface area contributed by atoms with Crippen LogP contribution in [0, 0.1) is 6.92 Å². The van der Waals surface area contributed by atoms with Crippen LogP contribution in [0.15, 0.2) is 55.2 Å². The van der Waals surface area contributed by atoms with E-state index >= 15 is 0 Å². The number of aryl methyl sites for hydroxylation is 3. The van der Waals surface area contributed by atoms with Gasteiger partial charge in [-0.2, -0.15) is 5.10 Å². The Labute approximate surface area is 217 Å². The third-order valence-corrected chi connectivity index (χ3v) is 9.24. The van der Waals surface area contributed by atoms with Crippen molar-refractivity contribution in [1.29, 1.82) is 0 Å². The van der Waals surface area contributed by atoms with Gasteiger partial charge >= 0.3 is 0 Å². The van der Waals surface area contributed by atoms with Gasteiger partial charge in [-0.05, 0) is 78.4 Å². The van der Waals surface area contributed by atoms with Gasteiger partial charge in [-0.1, -0.05) is 29.5 Å². The first-order valence-electron chi connectivity index (χ1n) is 10.8. The number of amides is 1. The average molecular weight is 574 g/mol. The second-order valence-electron chi connectivity index (χ2n) is 7.99. The first kappa shape index (κ1) is 23.5. The Morgan fingerprint density at radius 3 is 2.76 bits per heavy atom. The van der Waals surface area contributed by atoms with E-state index in [4.69, 9.17) is 4.98 Å². The van der Waals surface area contributed by atoms with E-state index in [2.05, 4.69) is 26.5 Å². The molecule has 174 valence electrons. The third kappa shape index (κ3) is 4.91. The number of carbonyl (C=O) groups is 1. The largest absolute Gasteiger partial charge is 0.272 e. The van der Waals surface area contributed by atoms with E-state index in [0.29, 0.717) is 5.16 Å². The van der Waals surface area contributed by atoms with Gasteiger partial charge in [0.15, 0.2) is 5.16 Å². The van der Waals surface area contributed by atoms with Gasteiger partial charge in [-0.3, -0.25) is 14.2 Å². The minimum atomic E-state index is -0.257. The highest BCUT2D eigenvalue weighted by Gasteiger charge is 2.23. The van der Waals surface area contributed by atoms with Crippen LogP contribution in [0.25, 0.3) is 15.9 Å². The highest BCUT2D eigenvalue weighted by molar-refractivity contribution is 9.11. The Kier molecular flexibility index (Phi) is 7.01. The van der Waals surface area contributed by atoms with Crippen LogP contribution >= 0.6 is 50.4 Å². The highest BCUT2D eigenvalue weighted by atomic mass is 79.9. The topological polar surface area (TPSA) is 76.3 Å². The lowest BCUT2D eigenvalue weighted by Gasteiger charge is -2.13. The molecule has 1 amide bonds. The molecular formula is C24H21BrN4O2S3. The highest BCUT2D eigenvalue weighted by Crippen LogP contribution is 2.35. The lowest BCUT2D eigenvalue weighted by atomic mass is 9.97. The normalized spacial score (nSPS) is 13.5. The minimum Gasteiger partial charge on any atom is -0.272 e. The maximum Gasteiger partial charge on any atom is 0.267 e. The van der Waals surface area contributed by atoms with Gasteiger partial charge in [0.05, 0.1) is 26.8 Å². The Bertz CT molecular complexity index is 1450. The Morgan fingerprint density at radius 1 is 1.21 bits per heavy atom. The minimum absolute atomic E-state index is 0.0579. The van der Waals surface area contributed by atoms with E-state index in [1.165, 1.54) is 28.0 Å². The summed E-state index contributed by atoms with van der Waals surface area (Å²) in [6, 6.07) is 11.7. The zero-order valence-corrected chi connectivity index (χ0v) is 22.4. The summed E-state index contributed by atoms with van der Waals surface area (Å²) in [7, 11) is 0. The molecular weight excluding hydrogens is 552 g/mol. The van der Waals surface area contributed by atoms with Crippen LogP contribution in [-0.2, 0) is 17.6 Å². The molecule has 34 heavy (non-hydrogen) atoms. The lowest BCUT2D eigenvalue weighted by Crippen LogP contribution is -2.24. The number of aromatic nitrogens is 2. The van der Waals surface area contributed by atoms with Crippen LogP contribution in [0.5, 0.6) is 0 Å². The van der Waals surface area contributed by atoms with Crippen LogP contribution in [-0.4, -0.2) is 27.4 Å². The molecule has 0 atom stereocenters. The standard InChI is InChI=1S/C24H21BrN4O2S3/c1-14-6-8-15(9-7-14)29-23(31)21-17-4-2-3-5-18(17)34-22(21)27-24(29)32-13-20(30)28-26-12-16-10-11-19(25)33-16/h6-12H,2-5,13H2,1H3,(H,28,30). The van der Waals surface area contributed by atoms with E-state index in [1.807, 2.05) is 43.3 Å². The van der Waals surface area contributed by atoms with E-state index in [-0.39, 0.29) is 17.2 Å². The fourth-order valence-electron chi connectivity index (χ4n) is 3.93. The summed E-state index contributed by atoms with van der Waals surface area (Å²) >= 11 is 7.80. The third-order valence-electron chi connectivity index (χ3n) is 5.56. The molecule has 0 spiro atoms. The zero-order chi connectivity index (χ0) is 23.7. The van der Waals surface area contributed by atoms with Crippen molar-refractivity contribution >= 4 is 72.7 Å². The van der Waals surface area contributed by atoms with Gasteiger partial charge in [0.1, 0.15) is 4.83 Å². The summed E-state index contributed by atoms with van der Waals surface area (Å²) in [4.78, 5) is 34.0. The molecule has 5 rings (SSSR count). The molecule has 1 aliphatic carbocycles. The molecule has 0 unspecified atom stereocenters. The van der Waals surface area contributed by atoms with Crippen molar-refractivity contribution in [1.82, 2.24) is 15.0 Å². The molecule has 3 aromatic heterocycles. The van der Waals surface area contributed by atoms with Crippen LogP contribution in [0.4, 0.5) is 0 Å². The maximum absolute atomic E-state index is 13.7. The molecule has 6 nitrogen and oxygen atoms in total. The molecule has 0 saturated carbocycles. The number of hydrazone groups is 1. The van der Waals surface area contributed by atoms with Gasteiger partial charge in [-0.15, -0.1) is 22.7 Å². The number of thiophene rings is 2. The fraction of sp³-hybridized carbons (Fsp3) is 0.250. The molecule has 3 heterocycles. The Morgan fingerprint density at radius 2 is 2.00 bits per heavy atom. The Hall–Kier alpha value is -2.27. The van der Waals surface area contributed by atoms with Crippen molar-refractivity contribution in [2.24, 2.45) is 5.10 Å². The van der Waals surface area contributed by atoms with Crippen molar-refractivity contribution in [2.45, 2.75) is 37.8 Å². The lowest BCUT2D eigenvalue weighted by molar-refractivity contribution is -0.118. The number of nitrogens with one attached hydrogen (secondary N) is 1. The number of nitrogens with zero attached hydrogens (tertiary/aromatic N) is 3. The second-order valence-corrected chi connectivity index (χ2v) is 12.5. The van der Waals surface area contributed by atoms with E-state index in [0.717, 1.165) is 61.4 Å². The summed E-state index contributed by atoms with van der Waals surface area (Å²) in [5.74, 6) is -0.160. The number of fused-ring (bicyclic) bond motifs is 3. The van der Waals surface area contributed by atoms with Crippen LogP contribution in [0.2, 0.25) is 0 Å². The molecule has 0 fully saturated rings. The molecule has 1 N–H and O–H groups in total. The van der Waals surface area contributed by atoms with E-state index in [1.54, 1.807) is 22.1 Å².